The van der Waals surface area contributed by atoms with E-state index in [1.165, 1.54) is 37.7 Å². The first-order valence-electron chi connectivity index (χ1n) is 13.8. The Morgan fingerprint density at radius 2 is 1.64 bits per heavy atom. The van der Waals surface area contributed by atoms with Gasteiger partial charge in [0.15, 0.2) is 0 Å². The van der Waals surface area contributed by atoms with Crippen LogP contribution in [0.5, 0.6) is 6.01 Å². The van der Waals surface area contributed by atoms with E-state index in [4.69, 9.17) is 14.7 Å². The van der Waals surface area contributed by atoms with Crippen LogP contribution in [0.1, 0.15) is 76.5 Å². The summed E-state index contributed by atoms with van der Waals surface area (Å²) < 4.78 is 6.05. The van der Waals surface area contributed by atoms with Gasteiger partial charge in [-0.3, -0.25) is 4.99 Å². The van der Waals surface area contributed by atoms with Crippen molar-refractivity contribution in [2.75, 3.05) is 13.2 Å². The van der Waals surface area contributed by atoms with Crippen LogP contribution in [0.15, 0.2) is 71.7 Å². The lowest BCUT2D eigenvalue weighted by molar-refractivity contribution is 0.233. The number of rotatable bonds is 11. The van der Waals surface area contributed by atoms with Crippen molar-refractivity contribution in [1.29, 1.82) is 0 Å². The molecule has 2 aromatic carbocycles. The van der Waals surface area contributed by atoms with Gasteiger partial charge in [0, 0.05) is 17.8 Å². The normalized spacial score (nSPS) is 13.8. The zero-order valence-corrected chi connectivity index (χ0v) is 22.2. The van der Waals surface area contributed by atoms with Gasteiger partial charge in [0.2, 0.25) is 0 Å². The van der Waals surface area contributed by atoms with Crippen molar-refractivity contribution in [2.24, 2.45) is 10.9 Å². The summed E-state index contributed by atoms with van der Waals surface area (Å²) in [5, 5.41) is 0. The van der Waals surface area contributed by atoms with Gasteiger partial charge in [-0.1, -0.05) is 99.7 Å². The molecule has 3 aromatic rings. The minimum atomic E-state index is 0.530. The molecule has 4 heteroatoms. The fraction of sp³-hybridized carbons (Fsp3) is 0.469. The van der Waals surface area contributed by atoms with Crippen LogP contribution in [0, 0.1) is 5.92 Å². The van der Waals surface area contributed by atoms with E-state index in [0.717, 1.165) is 61.5 Å². The van der Waals surface area contributed by atoms with Gasteiger partial charge in [-0.2, -0.15) is 4.98 Å². The van der Waals surface area contributed by atoms with Crippen LogP contribution in [-0.4, -0.2) is 29.3 Å². The molecule has 4 rings (SSSR count). The van der Waals surface area contributed by atoms with Crippen LogP contribution in [0.4, 0.5) is 0 Å². The van der Waals surface area contributed by atoms with E-state index in [0.29, 0.717) is 12.6 Å². The van der Waals surface area contributed by atoms with Gasteiger partial charge in [-0.15, -0.1) is 0 Å². The Bertz CT molecular complexity index is 998. The third kappa shape index (κ3) is 10.3. The van der Waals surface area contributed by atoms with Gasteiger partial charge in [-0.25, -0.2) is 4.98 Å². The second kappa shape index (κ2) is 16.6. The predicted molar refractivity (Wildman–Crippen MR) is 152 cm³/mol. The van der Waals surface area contributed by atoms with Gasteiger partial charge < -0.3 is 4.74 Å². The highest BCUT2D eigenvalue weighted by molar-refractivity contribution is 5.59. The third-order valence-electron chi connectivity index (χ3n) is 6.59. The molecule has 0 N–H and O–H groups in total. The lowest BCUT2D eigenvalue weighted by Crippen LogP contribution is -2.12. The maximum absolute atomic E-state index is 6.05. The molecule has 0 atom stereocenters. The summed E-state index contributed by atoms with van der Waals surface area (Å²) in [5.41, 5.74) is 4.50. The molecule has 0 radical (unpaired) electrons. The van der Waals surface area contributed by atoms with Crippen LogP contribution in [-0.2, 0) is 12.8 Å². The number of benzene rings is 2. The van der Waals surface area contributed by atoms with E-state index < -0.39 is 0 Å². The van der Waals surface area contributed by atoms with Gasteiger partial charge in [0.25, 0.3) is 0 Å². The highest BCUT2D eigenvalue weighted by atomic mass is 16.5. The van der Waals surface area contributed by atoms with E-state index in [2.05, 4.69) is 72.6 Å². The zero-order valence-electron chi connectivity index (χ0n) is 22.2. The molecular weight excluding hydrogens is 442 g/mol. The molecule has 1 aliphatic carbocycles. The van der Waals surface area contributed by atoms with Crippen molar-refractivity contribution >= 4 is 6.21 Å². The summed E-state index contributed by atoms with van der Waals surface area (Å²) in [6.07, 6.45) is 14.0. The molecule has 1 aromatic heterocycles. The molecule has 1 fully saturated rings. The van der Waals surface area contributed by atoms with E-state index in [1.807, 2.05) is 19.2 Å². The molecule has 0 spiro atoms. The summed E-state index contributed by atoms with van der Waals surface area (Å²) in [6.45, 7) is 5.76. The Hall–Kier alpha value is -3.01. The molecule has 0 unspecified atom stereocenters. The topological polar surface area (TPSA) is 47.4 Å². The van der Waals surface area contributed by atoms with Gasteiger partial charge in [0.1, 0.15) is 0 Å². The van der Waals surface area contributed by atoms with Crippen molar-refractivity contribution < 1.29 is 4.74 Å². The summed E-state index contributed by atoms with van der Waals surface area (Å²) in [6, 6.07) is 23.6. The second-order valence-corrected chi connectivity index (χ2v) is 9.54. The van der Waals surface area contributed by atoms with Crippen molar-refractivity contribution in [2.45, 2.75) is 78.1 Å². The lowest BCUT2D eigenvalue weighted by Gasteiger charge is -2.21. The molecule has 0 saturated heterocycles. The smallest absolute Gasteiger partial charge is 0.317 e. The second-order valence-electron chi connectivity index (χ2n) is 9.54. The summed E-state index contributed by atoms with van der Waals surface area (Å²) in [5.74, 6) is 0.807. The predicted octanol–water partition coefficient (Wildman–Crippen LogP) is 8.16. The van der Waals surface area contributed by atoms with Crippen LogP contribution < -0.4 is 4.74 Å². The van der Waals surface area contributed by atoms with E-state index in [-0.39, 0.29) is 0 Å². The minimum absolute atomic E-state index is 0.530. The largest absolute Gasteiger partial charge is 0.463 e. The maximum atomic E-state index is 6.05. The lowest BCUT2D eigenvalue weighted by atomic mass is 9.87. The Kier molecular flexibility index (Phi) is 12.7. The van der Waals surface area contributed by atoms with Crippen molar-refractivity contribution in [3.05, 3.63) is 78.0 Å². The van der Waals surface area contributed by atoms with Crippen LogP contribution in [0.3, 0.4) is 0 Å². The average molecular weight is 486 g/mol. The Morgan fingerprint density at radius 1 is 0.917 bits per heavy atom. The molecule has 1 aliphatic rings. The molecule has 1 saturated carbocycles. The molecular formula is C32H43N3O. The SMILES string of the molecule is CC=NCCC.c1ccc(CCCc2cc(-c3ccccc3)nc(OCCC3CCCCC3)n2)cc1. The molecule has 4 nitrogen and oxygen atoms in total. The van der Waals surface area contributed by atoms with Gasteiger partial charge in [0.05, 0.1) is 12.3 Å². The van der Waals surface area contributed by atoms with Crippen molar-refractivity contribution in [3.63, 3.8) is 0 Å². The molecule has 0 aliphatic heterocycles. The van der Waals surface area contributed by atoms with Gasteiger partial charge in [-0.05, 0) is 62.8 Å². The van der Waals surface area contributed by atoms with Gasteiger partial charge >= 0.3 is 6.01 Å². The quantitative estimate of drug-likeness (QED) is 0.257. The van der Waals surface area contributed by atoms with Crippen molar-refractivity contribution in [3.8, 4) is 17.3 Å². The first-order valence-corrected chi connectivity index (χ1v) is 13.8. The van der Waals surface area contributed by atoms with E-state index >= 15 is 0 Å². The summed E-state index contributed by atoms with van der Waals surface area (Å²) in [4.78, 5) is 13.4. The van der Waals surface area contributed by atoms with Crippen LogP contribution in [0.2, 0.25) is 0 Å². The first kappa shape index (κ1) is 27.6. The van der Waals surface area contributed by atoms with Crippen molar-refractivity contribution in [1.82, 2.24) is 9.97 Å². The zero-order chi connectivity index (χ0) is 25.3. The number of ether oxygens (including phenoxy) is 1. The molecule has 0 amide bonds. The third-order valence-corrected chi connectivity index (χ3v) is 6.59. The highest BCUT2D eigenvalue weighted by Crippen LogP contribution is 2.26. The Morgan fingerprint density at radius 3 is 2.31 bits per heavy atom. The maximum Gasteiger partial charge on any atom is 0.317 e. The van der Waals surface area contributed by atoms with E-state index in [9.17, 15) is 0 Å². The first-order chi connectivity index (χ1) is 17.8. The molecule has 1 heterocycles. The fourth-order valence-corrected chi connectivity index (χ4v) is 4.59. The number of nitrogens with zero attached hydrogens (tertiary/aromatic N) is 3. The van der Waals surface area contributed by atoms with Crippen LogP contribution >= 0.6 is 0 Å². The number of aromatic nitrogens is 2. The number of hydrogen-bond donors (Lipinski definition) is 0. The molecule has 192 valence electrons. The monoisotopic (exact) mass is 485 g/mol. The highest BCUT2D eigenvalue weighted by Gasteiger charge is 2.14. The average Bonchev–Trinajstić information content (AvgIpc) is 2.94. The van der Waals surface area contributed by atoms with E-state index in [1.54, 1.807) is 0 Å². The number of aryl methyl sites for hydroxylation is 2. The molecule has 0 bridgehead atoms. The van der Waals surface area contributed by atoms with Crippen LogP contribution in [0.25, 0.3) is 11.3 Å². The number of aliphatic imine (C=N–C) groups is 1. The minimum Gasteiger partial charge on any atom is -0.463 e. The Labute approximate surface area is 218 Å². The standard InChI is InChI=1S/C27H32N2O.C5H11N/c1-4-11-22(12-5-1)15-10-18-25-21-26(24-16-8-3-9-17-24)29-27(28-25)30-20-19-23-13-6-2-7-14-23;1-3-5-6-4-2/h1,3-5,8-9,11-12,16-17,21,23H,2,6-7,10,13-15,18-20H2;4H,3,5H2,1-2H3. The number of hydrogen-bond acceptors (Lipinski definition) is 4. The fourth-order valence-electron chi connectivity index (χ4n) is 4.59. The molecule has 36 heavy (non-hydrogen) atoms. The summed E-state index contributed by atoms with van der Waals surface area (Å²) in [7, 11) is 0. The summed E-state index contributed by atoms with van der Waals surface area (Å²) >= 11 is 0. The Balaban J connectivity index is 0.000000538.